The number of aromatic nitrogens is 1. The van der Waals surface area contributed by atoms with Gasteiger partial charge >= 0.3 is 6.03 Å². The van der Waals surface area contributed by atoms with Gasteiger partial charge in [-0.1, -0.05) is 25.3 Å². The second-order valence-electron chi connectivity index (χ2n) is 5.55. The molecule has 0 spiro atoms. The van der Waals surface area contributed by atoms with Gasteiger partial charge in [-0.05, 0) is 43.7 Å². The minimum atomic E-state index is -0.00159. The van der Waals surface area contributed by atoms with Gasteiger partial charge in [-0.2, -0.15) is 0 Å². The predicted molar refractivity (Wildman–Crippen MR) is 80.6 cm³/mol. The first-order chi connectivity index (χ1) is 9.84. The molecule has 110 valence electrons. The highest BCUT2D eigenvalue weighted by Crippen LogP contribution is 2.17. The maximum Gasteiger partial charge on any atom is 0.315 e. The Kier molecular flexibility index (Phi) is 6.35. The summed E-state index contributed by atoms with van der Waals surface area (Å²) < 4.78 is 0. The number of nitrogens with zero attached hydrogens (tertiary/aromatic N) is 1. The van der Waals surface area contributed by atoms with E-state index in [1.54, 1.807) is 6.20 Å². The van der Waals surface area contributed by atoms with Crippen molar-refractivity contribution in [1.82, 2.24) is 15.6 Å². The molecule has 0 aliphatic heterocycles. The van der Waals surface area contributed by atoms with Gasteiger partial charge in [-0.15, -0.1) is 0 Å². The molecule has 0 atom stereocenters. The fraction of sp³-hybridized carbons (Fsp3) is 0.625. The van der Waals surface area contributed by atoms with Crippen LogP contribution in [0.5, 0.6) is 0 Å². The summed E-state index contributed by atoms with van der Waals surface area (Å²) in [6.07, 6.45) is 12.9. The largest absolute Gasteiger partial charge is 0.338 e. The van der Waals surface area contributed by atoms with Crippen molar-refractivity contribution in [2.75, 3.05) is 6.54 Å². The van der Waals surface area contributed by atoms with Crippen LogP contribution in [-0.4, -0.2) is 23.6 Å². The molecule has 0 radical (unpaired) electrons. The molecule has 1 aromatic heterocycles. The molecule has 1 saturated carbocycles. The van der Waals surface area contributed by atoms with Crippen molar-refractivity contribution in [3.05, 3.63) is 30.1 Å². The summed E-state index contributed by atoms with van der Waals surface area (Å²) in [7, 11) is 0. The van der Waals surface area contributed by atoms with E-state index in [0.29, 0.717) is 6.04 Å². The lowest BCUT2D eigenvalue weighted by Gasteiger charge is -2.22. The van der Waals surface area contributed by atoms with Crippen molar-refractivity contribution in [3.8, 4) is 0 Å². The summed E-state index contributed by atoms with van der Waals surface area (Å²) in [5, 5.41) is 6.02. The van der Waals surface area contributed by atoms with E-state index < -0.39 is 0 Å². The monoisotopic (exact) mass is 275 g/mol. The van der Waals surface area contributed by atoms with Crippen molar-refractivity contribution < 1.29 is 4.79 Å². The molecule has 0 saturated heterocycles. The molecule has 0 aromatic carbocycles. The van der Waals surface area contributed by atoms with Crippen LogP contribution in [-0.2, 0) is 6.42 Å². The van der Waals surface area contributed by atoms with Crippen LogP contribution in [0.2, 0.25) is 0 Å². The number of nitrogens with one attached hydrogen (secondary N) is 2. The molecule has 4 heteroatoms. The molecule has 0 unspecified atom stereocenters. The van der Waals surface area contributed by atoms with E-state index in [2.05, 4.69) is 21.7 Å². The third-order valence-electron chi connectivity index (χ3n) is 3.84. The van der Waals surface area contributed by atoms with Gasteiger partial charge < -0.3 is 10.6 Å². The molecule has 2 amide bonds. The summed E-state index contributed by atoms with van der Waals surface area (Å²) in [6, 6.07) is 4.44. The Morgan fingerprint density at radius 3 is 2.85 bits per heavy atom. The van der Waals surface area contributed by atoms with Crippen molar-refractivity contribution >= 4 is 6.03 Å². The number of hydrogen-bond donors (Lipinski definition) is 2. The van der Waals surface area contributed by atoms with Gasteiger partial charge in [0.25, 0.3) is 0 Å². The normalized spacial score (nSPS) is 15.8. The summed E-state index contributed by atoms with van der Waals surface area (Å²) >= 11 is 0. The second kappa shape index (κ2) is 8.56. The Hall–Kier alpha value is -1.58. The summed E-state index contributed by atoms with van der Waals surface area (Å²) in [4.78, 5) is 15.8. The van der Waals surface area contributed by atoms with Crippen molar-refractivity contribution in [3.63, 3.8) is 0 Å². The number of pyridine rings is 1. The Balaban J connectivity index is 1.51. The minimum Gasteiger partial charge on any atom is -0.338 e. The highest BCUT2D eigenvalue weighted by atomic mass is 16.2. The van der Waals surface area contributed by atoms with E-state index in [9.17, 15) is 4.79 Å². The second-order valence-corrected chi connectivity index (χ2v) is 5.55. The molecule has 1 heterocycles. The highest BCUT2D eigenvalue weighted by molar-refractivity contribution is 5.74. The molecule has 1 aliphatic rings. The molecule has 2 N–H and O–H groups in total. The Bertz CT molecular complexity index is 388. The molecule has 20 heavy (non-hydrogen) atoms. The number of unbranched alkanes of at least 4 members (excludes halogenated alkanes) is 1. The van der Waals surface area contributed by atoms with Gasteiger partial charge in [0.05, 0.1) is 0 Å². The van der Waals surface area contributed by atoms with E-state index in [0.717, 1.165) is 38.6 Å². The minimum absolute atomic E-state index is 0.00159. The number of aryl methyl sites for hydroxylation is 1. The average Bonchev–Trinajstić information content (AvgIpc) is 2.49. The number of carbonyl (C=O) groups excluding carboxylic acids is 1. The predicted octanol–water partition coefficient (Wildman–Crippen LogP) is 3.04. The Labute approximate surface area is 121 Å². The van der Waals surface area contributed by atoms with Crippen LogP contribution < -0.4 is 10.6 Å². The third-order valence-corrected chi connectivity index (χ3v) is 3.84. The fourth-order valence-electron chi connectivity index (χ4n) is 2.69. The zero-order valence-corrected chi connectivity index (χ0v) is 12.1. The maximum absolute atomic E-state index is 11.7. The molecule has 1 aliphatic carbocycles. The first-order valence-corrected chi connectivity index (χ1v) is 7.78. The Morgan fingerprint density at radius 2 is 2.10 bits per heavy atom. The van der Waals surface area contributed by atoms with Crippen LogP contribution in [0.25, 0.3) is 0 Å². The van der Waals surface area contributed by atoms with E-state index in [1.807, 2.05) is 12.3 Å². The summed E-state index contributed by atoms with van der Waals surface area (Å²) in [5.41, 5.74) is 1.26. The van der Waals surface area contributed by atoms with Crippen LogP contribution in [0.1, 0.15) is 50.5 Å². The number of carbonyl (C=O) groups is 1. The number of rotatable bonds is 6. The standard InChI is InChI=1S/C16H25N3O/c20-16(19-15-9-2-1-3-10-15)18-12-5-4-7-14-8-6-11-17-13-14/h6,8,11,13,15H,1-5,7,9-10,12H2,(H2,18,19,20). The van der Waals surface area contributed by atoms with Crippen molar-refractivity contribution in [2.45, 2.75) is 57.4 Å². The quantitative estimate of drug-likeness (QED) is 0.784. The maximum atomic E-state index is 11.7. The van der Waals surface area contributed by atoms with Crippen LogP contribution in [0.4, 0.5) is 4.79 Å². The van der Waals surface area contributed by atoms with E-state index in [-0.39, 0.29) is 6.03 Å². The Morgan fingerprint density at radius 1 is 1.25 bits per heavy atom. The topological polar surface area (TPSA) is 54.0 Å². The smallest absolute Gasteiger partial charge is 0.315 e. The molecular formula is C16H25N3O. The summed E-state index contributed by atoms with van der Waals surface area (Å²) in [5.74, 6) is 0. The lowest BCUT2D eigenvalue weighted by molar-refractivity contribution is 0.232. The fourth-order valence-corrected chi connectivity index (χ4v) is 2.69. The van der Waals surface area contributed by atoms with Crippen molar-refractivity contribution in [1.29, 1.82) is 0 Å². The van der Waals surface area contributed by atoms with E-state index in [4.69, 9.17) is 0 Å². The first-order valence-electron chi connectivity index (χ1n) is 7.78. The molecule has 4 nitrogen and oxygen atoms in total. The number of amides is 2. The lowest BCUT2D eigenvalue weighted by atomic mass is 9.96. The van der Waals surface area contributed by atoms with Gasteiger partial charge in [-0.25, -0.2) is 4.79 Å². The van der Waals surface area contributed by atoms with E-state index >= 15 is 0 Å². The van der Waals surface area contributed by atoms with Crippen LogP contribution in [0.15, 0.2) is 24.5 Å². The van der Waals surface area contributed by atoms with Gasteiger partial charge in [-0.3, -0.25) is 4.98 Å². The molecular weight excluding hydrogens is 250 g/mol. The van der Waals surface area contributed by atoms with Gasteiger partial charge in [0.15, 0.2) is 0 Å². The van der Waals surface area contributed by atoms with Crippen LogP contribution >= 0.6 is 0 Å². The van der Waals surface area contributed by atoms with E-state index in [1.165, 1.54) is 24.8 Å². The average molecular weight is 275 g/mol. The number of urea groups is 1. The SMILES string of the molecule is O=C(NCCCCc1cccnc1)NC1CCCCC1. The van der Waals surface area contributed by atoms with Crippen LogP contribution in [0.3, 0.4) is 0 Å². The molecule has 1 aromatic rings. The van der Waals surface area contributed by atoms with Gasteiger partial charge in [0.1, 0.15) is 0 Å². The third kappa shape index (κ3) is 5.59. The van der Waals surface area contributed by atoms with Crippen LogP contribution in [0, 0.1) is 0 Å². The zero-order valence-electron chi connectivity index (χ0n) is 12.1. The zero-order chi connectivity index (χ0) is 14.0. The van der Waals surface area contributed by atoms with Crippen molar-refractivity contribution in [2.24, 2.45) is 0 Å². The number of hydrogen-bond acceptors (Lipinski definition) is 2. The summed E-state index contributed by atoms with van der Waals surface area (Å²) in [6.45, 7) is 0.749. The lowest BCUT2D eigenvalue weighted by Crippen LogP contribution is -2.43. The molecule has 0 bridgehead atoms. The first kappa shape index (κ1) is 14.8. The molecule has 1 fully saturated rings. The van der Waals surface area contributed by atoms with Gasteiger partial charge in [0.2, 0.25) is 0 Å². The highest BCUT2D eigenvalue weighted by Gasteiger charge is 2.14. The van der Waals surface area contributed by atoms with Gasteiger partial charge in [0, 0.05) is 25.0 Å². The molecule has 2 rings (SSSR count).